The SMILES string of the molecule is Cc1c(S(C)(=O)=O)ccnc1C[S@](=O)c1nc2ccccc2[nH]1. The maximum Gasteiger partial charge on any atom is 0.197 e. The van der Waals surface area contributed by atoms with Crippen LogP contribution in [0.15, 0.2) is 46.6 Å². The van der Waals surface area contributed by atoms with Crippen LogP contribution < -0.4 is 0 Å². The van der Waals surface area contributed by atoms with Gasteiger partial charge in [0.2, 0.25) is 0 Å². The Hall–Kier alpha value is -2.06. The number of pyridine rings is 1. The van der Waals surface area contributed by atoms with E-state index in [-0.39, 0.29) is 10.6 Å². The number of fused-ring (bicyclic) bond motifs is 1. The second-order valence-corrected chi connectivity index (χ2v) is 8.55. The van der Waals surface area contributed by atoms with Crippen LogP contribution in [0.3, 0.4) is 0 Å². The molecule has 120 valence electrons. The van der Waals surface area contributed by atoms with E-state index in [2.05, 4.69) is 15.0 Å². The number of rotatable bonds is 4. The van der Waals surface area contributed by atoms with E-state index < -0.39 is 20.6 Å². The van der Waals surface area contributed by atoms with Gasteiger partial charge in [-0.1, -0.05) is 12.1 Å². The van der Waals surface area contributed by atoms with Crippen LogP contribution in [0.5, 0.6) is 0 Å². The van der Waals surface area contributed by atoms with E-state index in [1.807, 2.05) is 24.3 Å². The Labute approximate surface area is 136 Å². The Morgan fingerprint density at radius 1 is 1.22 bits per heavy atom. The Balaban J connectivity index is 1.94. The van der Waals surface area contributed by atoms with E-state index >= 15 is 0 Å². The molecule has 0 fully saturated rings. The minimum atomic E-state index is -3.34. The molecule has 0 amide bonds. The molecule has 23 heavy (non-hydrogen) atoms. The molecular formula is C15H15N3O3S2. The molecular weight excluding hydrogens is 334 g/mol. The second kappa shape index (κ2) is 5.86. The summed E-state index contributed by atoms with van der Waals surface area (Å²) in [5.74, 6) is 0.106. The first-order valence-corrected chi connectivity index (χ1v) is 10.0. The smallest absolute Gasteiger partial charge is 0.197 e. The van der Waals surface area contributed by atoms with Crippen molar-refractivity contribution in [2.75, 3.05) is 6.26 Å². The fourth-order valence-corrected chi connectivity index (χ4v) is 4.42. The monoisotopic (exact) mass is 349 g/mol. The molecule has 3 aromatic rings. The molecule has 0 aliphatic rings. The van der Waals surface area contributed by atoms with Gasteiger partial charge in [0.1, 0.15) is 0 Å². The lowest BCUT2D eigenvalue weighted by Gasteiger charge is -2.08. The Bertz CT molecular complexity index is 977. The number of benzene rings is 1. The zero-order chi connectivity index (χ0) is 16.6. The van der Waals surface area contributed by atoms with Crippen molar-refractivity contribution in [2.24, 2.45) is 0 Å². The molecule has 0 bridgehead atoms. The zero-order valence-electron chi connectivity index (χ0n) is 12.6. The van der Waals surface area contributed by atoms with Crippen LogP contribution in [0.1, 0.15) is 11.3 Å². The van der Waals surface area contributed by atoms with E-state index in [0.717, 1.165) is 17.3 Å². The van der Waals surface area contributed by atoms with E-state index in [9.17, 15) is 12.6 Å². The third-order valence-corrected chi connectivity index (χ3v) is 5.91. The van der Waals surface area contributed by atoms with E-state index in [1.165, 1.54) is 12.3 Å². The largest absolute Gasteiger partial charge is 0.331 e. The summed E-state index contributed by atoms with van der Waals surface area (Å²) in [5, 5.41) is 0.358. The van der Waals surface area contributed by atoms with Crippen molar-refractivity contribution in [1.29, 1.82) is 0 Å². The summed E-state index contributed by atoms with van der Waals surface area (Å²) in [7, 11) is -4.78. The molecule has 0 saturated heterocycles. The minimum absolute atomic E-state index is 0.106. The standard InChI is InChI=1S/C15H15N3O3S2/c1-10-13(16-8-7-14(10)23(2,20)21)9-22(19)15-17-11-5-3-4-6-12(11)18-15/h3-8H,9H2,1-2H3,(H,17,18)/t22-/m0/s1. The molecule has 1 N–H and O–H groups in total. The number of nitrogens with zero attached hydrogens (tertiary/aromatic N) is 2. The van der Waals surface area contributed by atoms with Crippen LogP contribution in [0.4, 0.5) is 0 Å². The number of H-pyrrole nitrogens is 1. The Morgan fingerprint density at radius 2 is 1.96 bits per heavy atom. The van der Waals surface area contributed by atoms with Gasteiger partial charge < -0.3 is 4.98 Å². The van der Waals surface area contributed by atoms with E-state index in [4.69, 9.17) is 0 Å². The summed E-state index contributed by atoms with van der Waals surface area (Å²) < 4.78 is 36.0. The van der Waals surface area contributed by atoms with Crippen LogP contribution in [-0.2, 0) is 26.4 Å². The lowest BCUT2D eigenvalue weighted by Crippen LogP contribution is -2.07. The van der Waals surface area contributed by atoms with Crippen molar-refractivity contribution < 1.29 is 12.6 Å². The van der Waals surface area contributed by atoms with Crippen LogP contribution in [0.2, 0.25) is 0 Å². The number of hydrogen-bond donors (Lipinski definition) is 1. The Morgan fingerprint density at radius 3 is 2.65 bits per heavy atom. The number of aromatic amines is 1. The van der Waals surface area contributed by atoms with Gasteiger partial charge in [-0.3, -0.25) is 9.19 Å². The van der Waals surface area contributed by atoms with E-state index in [0.29, 0.717) is 16.4 Å². The van der Waals surface area contributed by atoms with Crippen molar-refractivity contribution in [2.45, 2.75) is 22.7 Å². The van der Waals surface area contributed by atoms with Gasteiger partial charge in [0.25, 0.3) is 0 Å². The molecule has 2 heterocycles. The van der Waals surface area contributed by atoms with Crippen molar-refractivity contribution in [1.82, 2.24) is 15.0 Å². The van der Waals surface area contributed by atoms with Crippen molar-refractivity contribution in [3.05, 3.63) is 47.8 Å². The molecule has 1 atom stereocenters. The van der Waals surface area contributed by atoms with Crippen molar-refractivity contribution in [3.8, 4) is 0 Å². The van der Waals surface area contributed by atoms with Crippen molar-refractivity contribution in [3.63, 3.8) is 0 Å². The summed E-state index contributed by atoms with van der Waals surface area (Å²) in [6.07, 6.45) is 2.57. The summed E-state index contributed by atoms with van der Waals surface area (Å²) in [6, 6.07) is 8.88. The highest BCUT2D eigenvalue weighted by Gasteiger charge is 2.17. The Kier molecular flexibility index (Phi) is 4.03. The molecule has 0 aliphatic carbocycles. The predicted molar refractivity (Wildman–Crippen MR) is 88.3 cm³/mol. The molecule has 1 aromatic carbocycles. The van der Waals surface area contributed by atoms with Gasteiger partial charge in [0, 0.05) is 12.5 Å². The highest BCUT2D eigenvalue weighted by Crippen LogP contribution is 2.20. The first-order valence-electron chi connectivity index (χ1n) is 6.84. The van der Waals surface area contributed by atoms with Gasteiger partial charge in [0.05, 0.1) is 38.2 Å². The lowest BCUT2D eigenvalue weighted by molar-refractivity contribution is 0.601. The first-order chi connectivity index (χ1) is 10.9. The third-order valence-electron chi connectivity index (χ3n) is 3.51. The van der Waals surface area contributed by atoms with Crippen LogP contribution in [0, 0.1) is 6.92 Å². The first kappa shape index (κ1) is 15.8. The summed E-state index contributed by atoms with van der Waals surface area (Å²) in [5.41, 5.74) is 2.57. The average molecular weight is 349 g/mol. The van der Waals surface area contributed by atoms with Gasteiger partial charge in [-0.15, -0.1) is 0 Å². The van der Waals surface area contributed by atoms with Crippen molar-refractivity contribution >= 4 is 31.7 Å². The number of aromatic nitrogens is 3. The fraction of sp³-hybridized carbons (Fsp3) is 0.200. The lowest BCUT2D eigenvalue weighted by atomic mass is 10.2. The summed E-state index contributed by atoms with van der Waals surface area (Å²) >= 11 is 0. The quantitative estimate of drug-likeness (QED) is 0.777. The van der Waals surface area contributed by atoms with Gasteiger partial charge in [-0.25, -0.2) is 13.4 Å². The fourth-order valence-electron chi connectivity index (χ4n) is 2.34. The molecule has 3 rings (SSSR count). The maximum absolute atomic E-state index is 12.5. The maximum atomic E-state index is 12.5. The molecule has 2 aromatic heterocycles. The molecule has 0 unspecified atom stereocenters. The predicted octanol–water partition coefficient (Wildman–Crippen LogP) is 1.98. The number of imidazole rings is 1. The summed E-state index contributed by atoms with van der Waals surface area (Å²) in [4.78, 5) is 11.7. The zero-order valence-corrected chi connectivity index (χ0v) is 14.2. The van der Waals surface area contributed by atoms with Crippen LogP contribution in [-0.4, -0.2) is 33.8 Å². The van der Waals surface area contributed by atoms with Gasteiger partial charge in [-0.05, 0) is 30.7 Å². The van der Waals surface area contributed by atoms with Gasteiger partial charge in [0.15, 0.2) is 15.0 Å². The van der Waals surface area contributed by atoms with E-state index in [1.54, 1.807) is 6.92 Å². The average Bonchev–Trinajstić information content (AvgIpc) is 2.92. The number of nitrogens with one attached hydrogen (secondary N) is 1. The molecule has 0 aliphatic heterocycles. The topological polar surface area (TPSA) is 92.8 Å². The molecule has 6 nitrogen and oxygen atoms in total. The normalized spacial score (nSPS) is 13.3. The molecule has 8 heteroatoms. The number of sulfone groups is 1. The number of hydrogen-bond acceptors (Lipinski definition) is 5. The third kappa shape index (κ3) is 3.18. The summed E-state index contributed by atoms with van der Waals surface area (Å²) in [6.45, 7) is 1.68. The molecule has 0 radical (unpaired) electrons. The van der Waals surface area contributed by atoms with Crippen LogP contribution >= 0.6 is 0 Å². The van der Waals surface area contributed by atoms with Gasteiger partial charge in [-0.2, -0.15) is 0 Å². The highest BCUT2D eigenvalue weighted by atomic mass is 32.2. The van der Waals surface area contributed by atoms with Gasteiger partial charge >= 0.3 is 0 Å². The molecule has 0 spiro atoms. The highest BCUT2D eigenvalue weighted by molar-refractivity contribution is 7.90. The number of para-hydroxylation sites is 2. The second-order valence-electron chi connectivity index (χ2n) is 5.20. The molecule has 0 saturated carbocycles. The minimum Gasteiger partial charge on any atom is -0.331 e. The van der Waals surface area contributed by atoms with Crippen LogP contribution in [0.25, 0.3) is 11.0 Å².